The quantitative estimate of drug-likeness (QED) is 0.899. The summed E-state index contributed by atoms with van der Waals surface area (Å²) in [6.07, 6.45) is 2.02. The first-order valence-electron chi connectivity index (χ1n) is 8.23. The first kappa shape index (κ1) is 16.8. The fourth-order valence-corrected chi connectivity index (χ4v) is 2.95. The second-order valence-corrected chi connectivity index (χ2v) is 5.88. The average molecular weight is 339 g/mol. The van der Waals surface area contributed by atoms with Crippen LogP contribution in [0.15, 0.2) is 48.5 Å². The number of para-hydroxylation sites is 1. The van der Waals surface area contributed by atoms with Crippen LogP contribution in [0.4, 0.5) is 16.2 Å². The van der Waals surface area contributed by atoms with E-state index in [1.165, 1.54) is 5.56 Å². The molecule has 0 bridgehead atoms. The number of imide groups is 1. The van der Waals surface area contributed by atoms with Crippen LogP contribution >= 0.6 is 0 Å². The van der Waals surface area contributed by atoms with Crippen LogP contribution in [0.25, 0.3) is 0 Å². The summed E-state index contributed by atoms with van der Waals surface area (Å²) in [4.78, 5) is 26.2. The Morgan fingerprint density at radius 3 is 2.64 bits per heavy atom. The lowest BCUT2D eigenvalue weighted by Gasteiger charge is -2.30. The molecule has 1 aliphatic rings. The van der Waals surface area contributed by atoms with E-state index in [0.29, 0.717) is 11.4 Å². The van der Waals surface area contributed by atoms with E-state index in [1.54, 1.807) is 31.4 Å². The maximum absolute atomic E-state index is 12.2. The molecule has 3 amide bonds. The molecular weight excluding hydrogens is 318 g/mol. The molecule has 0 aliphatic carbocycles. The van der Waals surface area contributed by atoms with Crippen molar-refractivity contribution in [3.8, 4) is 5.75 Å². The Labute approximate surface area is 146 Å². The molecule has 0 saturated carbocycles. The number of benzene rings is 2. The van der Waals surface area contributed by atoms with Gasteiger partial charge in [-0.3, -0.25) is 10.1 Å². The Hall–Kier alpha value is -3.02. The van der Waals surface area contributed by atoms with Crippen LogP contribution in [0.2, 0.25) is 0 Å². The number of methoxy groups -OCH3 is 1. The fraction of sp³-hybridized carbons (Fsp3) is 0.263. The van der Waals surface area contributed by atoms with Gasteiger partial charge in [0.15, 0.2) is 0 Å². The smallest absolute Gasteiger partial charge is 0.325 e. The molecule has 25 heavy (non-hydrogen) atoms. The van der Waals surface area contributed by atoms with Crippen LogP contribution in [0, 0.1) is 0 Å². The van der Waals surface area contributed by atoms with E-state index in [1.807, 2.05) is 23.1 Å². The molecule has 0 unspecified atom stereocenters. The van der Waals surface area contributed by atoms with Gasteiger partial charge in [0.05, 0.1) is 13.7 Å². The molecule has 2 N–H and O–H groups in total. The molecule has 0 saturated heterocycles. The van der Waals surface area contributed by atoms with Gasteiger partial charge in [0.2, 0.25) is 5.91 Å². The first-order chi connectivity index (χ1) is 12.2. The topological polar surface area (TPSA) is 70.7 Å². The summed E-state index contributed by atoms with van der Waals surface area (Å²) in [6, 6.07) is 14.4. The molecular formula is C19H21N3O3. The number of anilines is 2. The summed E-state index contributed by atoms with van der Waals surface area (Å²) in [7, 11) is 1.58. The van der Waals surface area contributed by atoms with Crippen molar-refractivity contribution >= 4 is 23.3 Å². The number of nitrogens with zero attached hydrogens (tertiary/aromatic N) is 1. The normalized spacial score (nSPS) is 12.9. The highest BCUT2D eigenvalue weighted by Gasteiger charge is 2.19. The number of urea groups is 1. The summed E-state index contributed by atoms with van der Waals surface area (Å²) in [5.41, 5.74) is 2.90. The number of amides is 3. The van der Waals surface area contributed by atoms with Crippen molar-refractivity contribution in [1.29, 1.82) is 0 Å². The Morgan fingerprint density at radius 1 is 1.12 bits per heavy atom. The lowest BCUT2D eigenvalue weighted by Crippen LogP contribution is -2.43. The molecule has 0 fully saturated rings. The van der Waals surface area contributed by atoms with Crippen LogP contribution in [0.1, 0.15) is 12.0 Å². The Balaban J connectivity index is 1.55. The Kier molecular flexibility index (Phi) is 5.18. The molecule has 0 atom stereocenters. The van der Waals surface area contributed by atoms with Crippen molar-refractivity contribution in [3.63, 3.8) is 0 Å². The van der Waals surface area contributed by atoms with Gasteiger partial charge in [0.1, 0.15) is 5.75 Å². The summed E-state index contributed by atoms with van der Waals surface area (Å²) < 4.78 is 5.06. The highest BCUT2D eigenvalue weighted by molar-refractivity contribution is 6.02. The molecule has 2 aromatic rings. The van der Waals surface area contributed by atoms with E-state index in [4.69, 9.17) is 4.74 Å². The van der Waals surface area contributed by atoms with Gasteiger partial charge in [0, 0.05) is 17.9 Å². The molecule has 3 rings (SSSR count). The number of hydrogen-bond acceptors (Lipinski definition) is 4. The minimum absolute atomic E-state index is 0.160. The molecule has 6 heteroatoms. The van der Waals surface area contributed by atoms with Crippen LogP contribution in [0.3, 0.4) is 0 Å². The van der Waals surface area contributed by atoms with Crippen LogP contribution in [0.5, 0.6) is 5.75 Å². The van der Waals surface area contributed by atoms with E-state index in [2.05, 4.69) is 16.7 Å². The van der Waals surface area contributed by atoms with Crippen LogP contribution in [-0.2, 0) is 11.2 Å². The second-order valence-electron chi connectivity index (χ2n) is 5.88. The minimum Gasteiger partial charge on any atom is -0.497 e. The minimum atomic E-state index is -0.541. The van der Waals surface area contributed by atoms with Gasteiger partial charge in [-0.25, -0.2) is 4.79 Å². The van der Waals surface area contributed by atoms with Gasteiger partial charge in [-0.2, -0.15) is 0 Å². The third-order valence-electron chi connectivity index (χ3n) is 4.14. The zero-order valence-corrected chi connectivity index (χ0v) is 14.1. The Morgan fingerprint density at radius 2 is 1.88 bits per heavy atom. The third-order valence-corrected chi connectivity index (χ3v) is 4.14. The fourth-order valence-electron chi connectivity index (χ4n) is 2.95. The first-order valence-corrected chi connectivity index (χ1v) is 8.23. The molecule has 6 nitrogen and oxygen atoms in total. The maximum Gasteiger partial charge on any atom is 0.325 e. The number of carbonyl (C=O) groups excluding carboxylic acids is 2. The van der Waals surface area contributed by atoms with Crippen molar-refractivity contribution in [2.24, 2.45) is 0 Å². The largest absolute Gasteiger partial charge is 0.497 e. The van der Waals surface area contributed by atoms with E-state index < -0.39 is 6.03 Å². The van der Waals surface area contributed by atoms with Gasteiger partial charge in [-0.05, 0) is 48.7 Å². The predicted octanol–water partition coefficient (Wildman–Crippen LogP) is 2.80. The molecule has 1 aliphatic heterocycles. The SMILES string of the molecule is COc1ccc(NC(=O)NC(=O)CN2CCCc3ccccc32)cc1. The van der Waals surface area contributed by atoms with Crippen molar-refractivity contribution in [3.05, 3.63) is 54.1 Å². The van der Waals surface area contributed by atoms with Crippen molar-refractivity contribution in [2.45, 2.75) is 12.8 Å². The molecule has 2 aromatic carbocycles. The van der Waals surface area contributed by atoms with Gasteiger partial charge < -0.3 is 15.0 Å². The van der Waals surface area contributed by atoms with Crippen LogP contribution in [-0.4, -0.2) is 32.1 Å². The number of carbonyl (C=O) groups is 2. The lowest BCUT2D eigenvalue weighted by atomic mass is 10.0. The molecule has 0 spiro atoms. The standard InChI is InChI=1S/C19H21N3O3/c1-25-16-10-8-15(9-11-16)20-19(24)21-18(23)13-22-12-4-6-14-5-2-3-7-17(14)22/h2-3,5,7-11H,4,6,12-13H2,1H3,(H2,20,21,23,24). The maximum atomic E-state index is 12.2. The number of rotatable bonds is 4. The number of hydrogen-bond donors (Lipinski definition) is 2. The lowest BCUT2D eigenvalue weighted by molar-refractivity contribution is -0.118. The number of aryl methyl sites for hydroxylation is 1. The zero-order chi connectivity index (χ0) is 17.6. The van der Waals surface area contributed by atoms with Crippen molar-refractivity contribution in [1.82, 2.24) is 5.32 Å². The summed E-state index contributed by atoms with van der Waals surface area (Å²) in [5.74, 6) is 0.369. The Bertz CT molecular complexity index is 759. The van der Waals surface area contributed by atoms with E-state index in [-0.39, 0.29) is 12.5 Å². The second kappa shape index (κ2) is 7.70. The zero-order valence-electron chi connectivity index (χ0n) is 14.1. The number of ether oxygens (including phenoxy) is 1. The third kappa shape index (κ3) is 4.29. The highest BCUT2D eigenvalue weighted by atomic mass is 16.5. The van der Waals surface area contributed by atoms with E-state index in [9.17, 15) is 9.59 Å². The average Bonchev–Trinajstić information content (AvgIpc) is 2.62. The summed E-state index contributed by atoms with van der Waals surface area (Å²) in [5, 5.41) is 5.01. The summed E-state index contributed by atoms with van der Waals surface area (Å²) in [6.45, 7) is 0.970. The van der Waals surface area contributed by atoms with Gasteiger partial charge >= 0.3 is 6.03 Å². The van der Waals surface area contributed by atoms with Crippen LogP contribution < -0.4 is 20.3 Å². The number of fused-ring (bicyclic) bond motifs is 1. The molecule has 1 heterocycles. The molecule has 0 aromatic heterocycles. The van der Waals surface area contributed by atoms with Gasteiger partial charge in [-0.1, -0.05) is 18.2 Å². The molecule has 130 valence electrons. The monoisotopic (exact) mass is 339 g/mol. The predicted molar refractivity (Wildman–Crippen MR) is 97.1 cm³/mol. The van der Waals surface area contributed by atoms with Gasteiger partial charge in [-0.15, -0.1) is 0 Å². The van der Waals surface area contributed by atoms with Gasteiger partial charge in [0.25, 0.3) is 0 Å². The van der Waals surface area contributed by atoms with Crippen molar-refractivity contribution < 1.29 is 14.3 Å². The highest BCUT2D eigenvalue weighted by Crippen LogP contribution is 2.26. The van der Waals surface area contributed by atoms with Crippen molar-refractivity contribution in [2.75, 3.05) is 30.4 Å². The van der Waals surface area contributed by atoms with E-state index in [0.717, 1.165) is 25.1 Å². The van der Waals surface area contributed by atoms with E-state index >= 15 is 0 Å². The molecule has 0 radical (unpaired) electrons. The summed E-state index contributed by atoms with van der Waals surface area (Å²) >= 11 is 0. The number of nitrogens with one attached hydrogen (secondary N) is 2.